The molecule has 5 heterocycles. The molecule has 4 bridgehead atoms. The van der Waals surface area contributed by atoms with E-state index in [0.717, 1.165) is 59.3 Å². The van der Waals surface area contributed by atoms with Gasteiger partial charge in [0.2, 0.25) is 11.8 Å². The summed E-state index contributed by atoms with van der Waals surface area (Å²) in [7, 11) is -2.96. The minimum Gasteiger partial charge on any atom is -0.491 e. The molecule has 4 saturated carbocycles. The van der Waals surface area contributed by atoms with E-state index in [1.165, 1.54) is 28.4 Å². The standard InChI is InChI=1S/C68H75N10O15S2/c1-43-50(47-20-21-51(73-59(47)62(84)85)45-31-49-48(11-10-13-52(49)70-32-45)60(82)75-63-74-53-12-7-8-14-55(53)94-63)33-71-78(43)42-67-37-65(2)36-66(3,38-67)40-68(39-65,41-67)93-28-26-76(4)64(86)92-34-44-16-18-46(19-17-44)91-30-29-90-27-24-69-61(83)54(35-95(87,88)89)72-56(79)15-6-5-9-25-77-57(80)22-23-58(77)81/h7-8,10-14,16,18-23,31-33,54H,5-6,9,15,24-30,34-42H2,1-4H3,(H,69,83)(H,72,79)(H,84,85)(H,74,75,82)(H,87,88,89)/t54-,65?,66?,67?,68?/m0/s1. The number of nitrogens with one attached hydrogen (secondary N) is 3. The summed E-state index contributed by atoms with van der Waals surface area (Å²) in [5, 5.41) is 24.4. The van der Waals surface area contributed by atoms with E-state index in [-0.39, 0.29) is 73.8 Å². The number of hydrogen-bond acceptors (Lipinski definition) is 18. The molecule has 6 amide bonds. The monoisotopic (exact) mass is 1340 g/mol. The highest BCUT2D eigenvalue weighted by Crippen LogP contribution is 2.72. The van der Waals surface area contributed by atoms with Gasteiger partial charge in [0.15, 0.2) is 10.8 Å². The van der Waals surface area contributed by atoms with Crippen molar-refractivity contribution < 1.29 is 70.6 Å². The molecule has 95 heavy (non-hydrogen) atoms. The van der Waals surface area contributed by atoms with Crippen molar-refractivity contribution in [2.75, 3.05) is 64.2 Å². The second-order valence-electron chi connectivity index (χ2n) is 26.1. The maximum atomic E-state index is 13.7. The second-order valence-corrected chi connectivity index (χ2v) is 28.6. The Morgan fingerprint density at radius 1 is 0.842 bits per heavy atom. The number of nitrogens with zero attached hydrogens (tertiary/aromatic N) is 7. The van der Waals surface area contributed by atoms with Crippen LogP contribution in [0, 0.1) is 29.2 Å². The van der Waals surface area contributed by atoms with Gasteiger partial charge in [-0.25, -0.2) is 19.6 Å². The maximum Gasteiger partial charge on any atom is 0.409 e. The third kappa shape index (κ3) is 16.2. The highest BCUT2D eigenvalue weighted by molar-refractivity contribution is 7.85. The number of fused-ring (bicyclic) bond motifs is 2. The van der Waals surface area contributed by atoms with Gasteiger partial charge in [0.05, 0.1) is 53.0 Å². The van der Waals surface area contributed by atoms with Crippen molar-refractivity contribution in [3.05, 3.63) is 132 Å². The molecular weight excluding hydrogens is 1260 g/mol. The molecule has 1 radical (unpaired) electrons. The molecule has 0 spiro atoms. The van der Waals surface area contributed by atoms with Gasteiger partial charge in [-0.2, -0.15) is 13.5 Å². The molecule has 5 N–H and O–H groups in total. The van der Waals surface area contributed by atoms with Crippen molar-refractivity contribution in [1.82, 2.24) is 45.2 Å². The Labute approximate surface area is 552 Å². The largest absolute Gasteiger partial charge is 0.491 e. The smallest absolute Gasteiger partial charge is 0.409 e. The van der Waals surface area contributed by atoms with Crippen LogP contribution in [0.3, 0.4) is 0 Å². The van der Waals surface area contributed by atoms with Crippen molar-refractivity contribution in [3.8, 4) is 28.1 Å². The third-order valence-corrected chi connectivity index (χ3v) is 19.7. The number of imide groups is 1. The zero-order valence-corrected chi connectivity index (χ0v) is 54.8. The summed E-state index contributed by atoms with van der Waals surface area (Å²) in [6, 6.07) is 24.8. The normalized spacial score (nSPS) is 20.7. The first-order valence-electron chi connectivity index (χ1n) is 31.5. The minimum absolute atomic E-state index is 0.0129. The Bertz CT molecular complexity index is 4180. The van der Waals surface area contributed by atoms with E-state index in [1.807, 2.05) is 41.9 Å². The van der Waals surface area contributed by atoms with Gasteiger partial charge in [-0.1, -0.05) is 55.9 Å². The summed E-state index contributed by atoms with van der Waals surface area (Å²) in [5.41, 5.74) is 4.53. The highest BCUT2D eigenvalue weighted by Gasteiger charge is 2.66. The Balaban J connectivity index is 0.622. The predicted octanol–water partition coefficient (Wildman–Crippen LogP) is 8.60. The fraction of sp³-hybridized carbons (Fsp3) is 0.426. The molecule has 12 rings (SSSR count). The highest BCUT2D eigenvalue weighted by atomic mass is 32.2. The van der Waals surface area contributed by atoms with Gasteiger partial charge in [-0.15, -0.1) is 0 Å². The van der Waals surface area contributed by atoms with Gasteiger partial charge in [0, 0.05) is 91.3 Å². The number of carbonyl (C=O) groups is 7. The molecule has 5 aliphatic rings. The van der Waals surface area contributed by atoms with Crippen LogP contribution in [0.2, 0.25) is 0 Å². The van der Waals surface area contributed by atoms with E-state index in [0.29, 0.717) is 94.3 Å². The van der Waals surface area contributed by atoms with Gasteiger partial charge in [0.1, 0.15) is 30.8 Å². The van der Waals surface area contributed by atoms with Crippen molar-refractivity contribution >= 4 is 89.3 Å². The molecule has 499 valence electrons. The number of carbonyl (C=O) groups excluding carboxylic acids is 6. The molecule has 3 atom stereocenters. The van der Waals surface area contributed by atoms with E-state index >= 15 is 0 Å². The quantitative estimate of drug-likeness (QED) is 0.0160. The first kappa shape index (κ1) is 67.4. The van der Waals surface area contributed by atoms with E-state index in [4.69, 9.17) is 29.0 Å². The first-order chi connectivity index (χ1) is 45.3. The number of carboxylic acids is 1. The second kappa shape index (κ2) is 28.1. The summed E-state index contributed by atoms with van der Waals surface area (Å²) in [4.78, 5) is 105. The van der Waals surface area contributed by atoms with E-state index in [2.05, 4.69) is 45.8 Å². The van der Waals surface area contributed by atoms with Crippen LogP contribution in [0.15, 0.2) is 103 Å². The number of likely N-dealkylation sites (N-methyl/N-ethyl adjacent to an activating group) is 1. The zero-order chi connectivity index (χ0) is 67.3. The van der Waals surface area contributed by atoms with Crippen LogP contribution >= 0.6 is 11.3 Å². The van der Waals surface area contributed by atoms with Crippen LogP contribution in [-0.4, -0.2) is 165 Å². The molecule has 4 aliphatic carbocycles. The molecule has 0 saturated heterocycles. The van der Waals surface area contributed by atoms with Crippen LogP contribution in [0.5, 0.6) is 5.75 Å². The van der Waals surface area contributed by atoms with Gasteiger partial charge in [-0.3, -0.25) is 48.4 Å². The number of ether oxygens (including phenoxy) is 4. The fourth-order valence-corrected chi connectivity index (χ4v) is 16.5. The minimum atomic E-state index is -4.63. The summed E-state index contributed by atoms with van der Waals surface area (Å²) in [5.74, 6) is -4.34. The molecule has 3 aromatic carbocycles. The number of benzene rings is 3. The summed E-state index contributed by atoms with van der Waals surface area (Å²) >= 11 is 1.38. The van der Waals surface area contributed by atoms with Crippen molar-refractivity contribution in [3.63, 3.8) is 0 Å². The molecular formula is C68H75N10O15S2. The number of thiazole rings is 1. The Morgan fingerprint density at radius 3 is 2.35 bits per heavy atom. The molecule has 7 aromatic rings. The molecule has 2 unspecified atom stereocenters. The number of rotatable bonds is 30. The number of carboxylic acid groups (broad SMARTS) is 1. The Morgan fingerprint density at radius 2 is 1.61 bits per heavy atom. The van der Waals surface area contributed by atoms with Gasteiger partial charge >= 0.3 is 12.1 Å². The number of aromatic carboxylic acids is 1. The fourth-order valence-electron chi connectivity index (χ4n) is 15.0. The average molecular weight is 1340 g/mol. The molecule has 4 aromatic heterocycles. The third-order valence-electron chi connectivity index (χ3n) is 18.0. The number of unbranched alkanes of at least 4 members (excludes halogenated alkanes) is 2. The zero-order valence-electron chi connectivity index (χ0n) is 53.2. The van der Waals surface area contributed by atoms with Crippen molar-refractivity contribution in [2.45, 2.75) is 110 Å². The number of amides is 6. The first-order valence-corrected chi connectivity index (χ1v) is 33.9. The molecule has 27 heteroatoms. The van der Waals surface area contributed by atoms with Gasteiger partial charge in [0.25, 0.3) is 27.8 Å². The lowest BCUT2D eigenvalue weighted by Gasteiger charge is -2.69. The van der Waals surface area contributed by atoms with Crippen molar-refractivity contribution in [2.24, 2.45) is 16.2 Å². The van der Waals surface area contributed by atoms with Crippen molar-refractivity contribution in [1.29, 1.82) is 0 Å². The molecule has 25 nitrogen and oxygen atoms in total. The molecule has 4 fully saturated rings. The predicted molar refractivity (Wildman–Crippen MR) is 351 cm³/mol. The summed E-state index contributed by atoms with van der Waals surface area (Å²) in [6.45, 7) is 8.34. The van der Waals surface area contributed by atoms with Crippen LogP contribution in [0.4, 0.5) is 9.93 Å². The number of anilines is 1. The van der Waals surface area contributed by atoms with E-state index < -0.39 is 63.2 Å². The van der Waals surface area contributed by atoms with E-state index in [9.17, 15) is 51.6 Å². The summed E-state index contributed by atoms with van der Waals surface area (Å²) < 4.78 is 59.5. The van der Waals surface area contributed by atoms with Crippen LogP contribution in [-0.2, 0) is 56.7 Å². The van der Waals surface area contributed by atoms with Gasteiger partial charge < -0.3 is 39.6 Å². The van der Waals surface area contributed by atoms with E-state index in [1.54, 1.807) is 68.0 Å². The number of pyridine rings is 2. The average Bonchev–Trinajstić information content (AvgIpc) is 0.862. The number of para-hydroxylation sites is 1. The Hall–Kier alpha value is -9.02. The Kier molecular flexibility index (Phi) is 20.0. The lowest BCUT2D eigenvalue weighted by molar-refractivity contribution is -0.248. The van der Waals surface area contributed by atoms with Gasteiger partial charge in [-0.05, 0) is 141 Å². The van der Waals surface area contributed by atoms with Crippen LogP contribution in [0.1, 0.15) is 110 Å². The lowest BCUT2D eigenvalue weighted by Crippen LogP contribution is -2.64. The topological polar surface area (TPSA) is 330 Å². The maximum absolute atomic E-state index is 13.7. The van der Waals surface area contributed by atoms with Crippen LogP contribution < -0.4 is 20.7 Å². The van der Waals surface area contributed by atoms with Crippen LogP contribution in [0.25, 0.3) is 43.5 Å². The molecule has 1 aliphatic heterocycles. The number of hydrogen-bond donors (Lipinski definition) is 5. The SMILES string of the molecule is Cc1c(-c2ccc(-c3cnc4cccc(C(=O)Nc5nc6ccccc6s5)c4c3)nc2C(=O)O)cnn1CC12CC3(C)CC(C)(C1)CC(OCCN(C)C(=O)OCc1[c]cc(OCCOCCNC(=O)[C@H](CS(=O)(=O)O)NC(=O)CCCCCN4C(=O)C=CC4=O)cc1)(C3)C2. The lowest BCUT2D eigenvalue weighted by atomic mass is 9.39. The number of aromatic nitrogens is 5. The summed E-state index contributed by atoms with van der Waals surface area (Å²) in [6.07, 6.45) is 12.1.